The maximum atomic E-state index is 12.6. The monoisotopic (exact) mass is 262 g/mol. The smallest absolute Gasteiger partial charge is 0.257 e. The Hall–Kier alpha value is -1.75. The molecule has 0 spiro atoms. The van der Waals surface area contributed by atoms with E-state index in [0.717, 1.165) is 19.5 Å². The molecule has 1 aromatic carbocycles. The fraction of sp³-hybridized carbons (Fsp3) is 0.500. The number of hydrogen-bond donors (Lipinski definition) is 1. The number of nitrogens with zero attached hydrogens (tertiary/aromatic N) is 1. The highest BCUT2D eigenvalue weighted by Gasteiger charge is 2.27. The van der Waals surface area contributed by atoms with Crippen molar-refractivity contribution in [3.05, 3.63) is 23.8 Å². The first-order valence-electron chi connectivity index (χ1n) is 6.64. The first-order valence-corrected chi connectivity index (χ1v) is 6.64. The maximum absolute atomic E-state index is 12.6. The van der Waals surface area contributed by atoms with Gasteiger partial charge >= 0.3 is 0 Å². The minimum Gasteiger partial charge on any atom is -0.486 e. The molecule has 0 radical (unpaired) electrons. The summed E-state index contributed by atoms with van der Waals surface area (Å²) in [6.45, 7) is 2.85. The Morgan fingerprint density at radius 1 is 1.37 bits per heavy atom. The van der Waals surface area contributed by atoms with E-state index < -0.39 is 0 Å². The van der Waals surface area contributed by atoms with Gasteiger partial charge in [-0.05, 0) is 25.1 Å². The molecule has 1 amide bonds. The quantitative estimate of drug-likeness (QED) is 0.860. The zero-order valence-electron chi connectivity index (χ0n) is 11.0. The van der Waals surface area contributed by atoms with Crippen molar-refractivity contribution < 1.29 is 14.3 Å². The summed E-state index contributed by atoms with van der Waals surface area (Å²) in [7, 11) is 1.85. The highest BCUT2D eigenvalue weighted by Crippen LogP contribution is 2.34. The second-order valence-electron chi connectivity index (χ2n) is 4.89. The normalized spacial score (nSPS) is 21.2. The van der Waals surface area contributed by atoms with Crippen LogP contribution in [0.15, 0.2) is 18.2 Å². The fourth-order valence-electron chi connectivity index (χ4n) is 2.57. The molecule has 1 N–H and O–H groups in total. The third-order valence-corrected chi connectivity index (χ3v) is 3.70. The molecular weight excluding hydrogens is 244 g/mol. The molecule has 0 bridgehead atoms. The molecule has 0 unspecified atom stereocenters. The van der Waals surface area contributed by atoms with E-state index >= 15 is 0 Å². The predicted octanol–water partition coefficient (Wildman–Crippen LogP) is 0.892. The molecule has 2 aliphatic rings. The molecule has 1 saturated heterocycles. The molecule has 102 valence electrons. The van der Waals surface area contributed by atoms with Crippen LogP contribution in [0.4, 0.5) is 0 Å². The predicted molar refractivity (Wildman–Crippen MR) is 70.8 cm³/mol. The summed E-state index contributed by atoms with van der Waals surface area (Å²) in [4.78, 5) is 14.4. The number of amides is 1. The molecule has 5 heteroatoms. The number of para-hydroxylation sites is 1. The van der Waals surface area contributed by atoms with E-state index in [2.05, 4.69) is 5.32 Å². The Labute approximate surface area is 112 Å². The summed E-state index contributed by atoms with van der Waals surface area (Å²) in [6.07, 6.45) is 0.995. The van der Waals surface area contributed by atoms with Crippen molar-refractivity contribution in [1.29, 1.82) is 0 Å². The van der Waals surface area contributed by atoms with Crippen molar-refractivity contribution in [2.24, 2.45) is 0 Å². The highest BCUT2D eigenvalue weighted by atomic mass is 16.6. The Morgan fingerprint density at radius 2 is 2.21 bits per heavy atom. The lowest BCUT2D eigenvalue weighted by atomic mass is 10.1. The van der Waals surface area contributed by atoms with Crippen LogP contribution in [-0.4, -0.2) is 50.2 Å². The number of hydrogen-bond acceptors (Lipinski definition) is 4. The van der Waals surface area contributed by atoms with Gasteiger partial charge in [-0.15, -0.1) is 0 Å². The van der Waals surface area contributed by atoms with Crippen LogP contribution in [-0.2, 0) is 0 Å². The average molecular weight is 262 g/mol. The van der Waals surface area contributed by atoms with E-state index in [4.69, 9.17) is 9.47 Å². The number of benzene rings is 1. The van der Waals surface area contributed by atoms with Gasteiger partial charge in [0, 0.05) is 19.6 Å². The van der Waals surface area contributed by atoms with Crippen LogP contribution >= 0.6 is 0 Å². The SMILES string of the molecule is CN(C(=O)c1cccc2c1OCCO2)[C@@H]1CCNC1. The number of nitrogens with one attached hydrogen (secondary N) is 1. The van der Waals surface area contributed by atoms with Crippen molar-refractivity contribution in [3.8, 4) is 11.5 Å². The molecule has 3 rings (SSSR count). The minimum absolute atomic E-state index is 0.00366. The maximum Gasteiger partial charge on any atom is 0.257 e. The van der Waals surface area contributed by atoms with Crippen molar-refractivity contribution >= 4 is 5.91 Å². The third-order valence-electron chi connectivity index (χ3n) is 3.70. The third kappa shape index (κ3) is 2.26. The first kappa shape index (κ1) is 12.3. The van der Waals surface area contributed by atoms with Gasteiger partial charge in [0.05, 0.1) is 5.56 Å². The van der Waals surface area contributed by atoms with Crippen molar-refractivity contribution in [2.45, 2.75) is 12.5 Å². The number of rotatable bonds is 2. The molecule has 0 aliphatic carbocycles. The molecule has 5 nitrogen and oxygen atoms in total. The Morgan fingerprint density at radius 3 is 3.00 bits per heavy atom. The van der Waals surface area contributed by atoms with Gasteiger partial charge in [0.25, 0.3) is 5.91 Å². The number of carbonyl (C=O) groups is 1. The standard InChI is InChI=1S/C14H18N2O3/c1-16(10-5-6-15-9-10)14(17)11-3-2-4-12-13(11)19-8-7-18-12/h2-4,10,15H,5-9H2,1H3/t10-/m1/s1. The Kier molecular flexibility index (Phi) is 3.29. The summed E-state index contributed by atoms with van der Waals surface area (Å²) in [5.74, 6) is 1.24. The van der Waals surface area contributed by atoms with Gasteiger partial charge in [-0.3, -0.25) is 4.79 Å². The second-order valence-corrected chi connectivity index (χ2v) is 4.89. The summed E-state index contributed by atoms with van der Waals surface area (Å²) in [5.41, 5.74) is 0.589. The van der Waals surface area contributed by atoms with Crippen LogP contribution in [0, 0.1) is 0 Å². The number of ether oxygens (including phenoxy) is 2. The second kappa shape index (κ2) is 5.09. The Balaban J connectivity index is 1.86. The summed E-state index contributed by atoms with van der Waals surface area (Å²) >= 11 is 0. The molecular formula is C14H18N2O3. The molecule has 2 heterocycles. The van der Waals surface area contributed by atoms with E-state index in [1.807, 2.05) is 19.2 Å². The fourth-order valence-corrected chi connectivity index (χ4v) is 2.57. The van der Waals surface area contributed by atoms with Gasteiger partial charge in [0.15, 0.2) is 11.5 Å². The lowest BCUT2D eigenvalue weighted by Crippen LogP contribution is -2.38. The number of fused-ring (bicyclic) bond motifs is 1. The van der Waals surface area contributed by atoms with Gasteiger partial charge in [-0.25, -0.2) is 0 Å². The molecule has 1 aromatic rings. The molecule has 1 atom stereocenters. The lowest BCUT2D eigenvalue weighted by Gasteiger charge is -2.26. The Bertz CT molecular complexity index is 484. The zero-order valence-corrected chi connectivity index (χ0v) is 11.0. The van der Waals surface area contributed by atoms with Gasteiger partial charge in [0.1, 0.15) is 13.2 Å². The van der Waals surface area contributed by atoms with E-state index in [-0.39, 0.29) is 11.9 Å². The zero-order chi connectivity index (χ0) is 13.2. The van der Waals surface area contributed by atoms with Crippen molar-refractivity contribution in [1.82, 2.24) is 10.2 Å². The minimum atomic E-state index is -0.00366. The molecule has 0 saturated carbocycles. The number of carbonyl (C=O) groups excluding carboxylic acids is 1. The topological polar surface area (TPSA) is 50.8 Å². The van der Waals surface area contributed by atoms with Crippen molar-refractivity contribution in [3.63, 3.8) is 0 Å². The van der Waals surface area contributed by atoms with Crippen LogP contribution in [0.1, 0.15) is 16.8 Å². The van der Waals surface area contributed by atoms with Gasteiger partial charge < -0.3 is 19.7 Å². The van der Waals surface area contributed by atoms with Crippen LogP contribution in [0.25, 0.3) is 0 Å². The van der Waals surface area contributed by atoms with E-state index in [1.54, 1.807) is 11.0 Å². The largest absolute Gasteiger partial charge is 0.486 e. The number of likely N-dealkylation sites (N-methyl/N-ethyl adjacent to an activating group) is 1. The summed E-state index contributed by atoms with van der Waals surface area (Å²) in [5, 5.41) is 3.27. The molecule has 2 aliphatic heterocycles. The molecule has 0 aromatic heterocycles. The lowest BCUT2D eigenvalue weighted by molar-refractivity contribution is 0.0733. The van der Waals surface area contributed by atoms with E-state index in [1.165, 1.54) is 0 Å². The van der Waals surface area contributed by atoms with E-state index in [0.29, 0.717) is 30.3 Å². The molecule has 1 fully saturated rings. The van der Waals surface area contributed by atoms with Gasteiger partial charge in [0.2, 0.25) is 0 Å². The van der Waals surface area contributed by atoms with Gasteiger partial charge in [-0.1, -0.05) is 6.07 Å². The van der Waals surface area contributed by atoms with E-state index in [9.17, 15) is 4.79 Å². The summed E-state index contributed by atoms with van der Waals surface area (Å²) < 4.78 is 11.1. The van der Waals surface area contributed by atoms with Crippen LogP contribution in [0.3, 0.4) is 0 Å². The first-order chi connectivity index (χ1) is 9.27. The van der Waals surface area contributed by atoms with Gasteiger partial charge in [-0.2, -0.15) is 0 Å². The average Bonchev–Trinajstić information content (AvgIpc) is 2.99. The van der Waals surface area contributed by atoms with Crippen LogP contribution in [0.5, 0.6) is 11.5 Å². The van der Waals surface area contributed by atoms with Crippen LogP contribution in [0.2, 0.25) is 0 Å². The van der Waals surface area contributed by atoms with Crippen LogP contribution < -0.4 is 14.8 Å². The summed E-state index contributed by atoms with van der Waals surface area (Å²) in [6, 6.07) is 5.73. The van der Waals surface area contributed by atoms with Crippen molar-refractivity contribution in [2.75, 3.05) is 33.4 Å². The molecule has 19 heavy (non-hydrogen) atoms. The highest BCUT2D eigenvalue weighted by molar-refractivity contribution is 5.98.